The zero-order valence-electron chi connectivity index (χ0n) is 44.8. The molecule has 0 amide bonds. The molecule has 0 aromatic rings. The fourth-order valence-corrected chi connectivity index (χ4v) is 8.93. The van der Waals surface area contributed by atoms with Gasteiger partial charge in [-0.3, -0.25) is 14.4 Å². The molecule has 0 heterocycles. The van der Waals surface area contributed by atoms with Gasteiger partial charge in [0, 0.05) is 19.3 Å². The second kappa shape index (κ2) is 50.3. The summed E-state index contributed by atoms with van der Waals surface area (Å²) in [6.07, 6.45) is 52.3. The Hall–Kier alpha value is -1.59. The Morgan fingerprint density at radius 1 is 0.308 bits per heavy atom. The van der Waals surface area contributed by atoms with Gasteiger partial charge in [-0.2, -0.15) is 0 Å². The zero-order valence-corrected chi connectivity index (χ0v) is 44.8. The lowest BCUT2D eigenvalue weighted by Crippen LogP contribution is -2.30. The number of carbonyl (C=O) groups is 3. The number of ether oxygens (including phenoxy) is 3. The average Bonchev–Trinajstić information content (AvgIpc) is 3.29. The number of rotatable bonds is 52. The molecule has 0 saturated heterocycles. The number of hydrogen-bond acceptors (Lipinski definition) is 6. The van der Waals surface area contributed by atoms with Crippen molar-refractivity contribution in [3.8, 4) is 0 Å². The van der Waals surface area contributed by atoms with E-state index in [9.17, 15) is 14.4 Å². The molecule has 0 aliphatic heterocycles. The molecule has 0 aromatic carbocycles. The molecule has 3 atom stereocenters. The summed E-state index contributed by atoms with van der Waals surface area (Å²) in [5, 5.41) is 0. The van der Waals surface area contributed by atoms with Crippen LogP contribution in [0, 0.1) is 17.8 Å². The summed E-state index contributed by atoms with van der Waals surface area (Å²) in [5.41, 5.74) is 0. The monoisotopic (exact) mass is 919 g/mol. The van der Waals surface area contributed by atoms with Crippen LogP contribution in [0.4, 0.5) is 0 Å². The van der Waals surface area contributed by atoms with E-state index in [4.69, 9.17) is 14.2 Å². The standard InChI is InChI=1S/C59H114O6/c1-7-54(5)46-40-34-28-22-19-20-24-31-37-43-49-58(61)64-52-56(65-59(62)50-44-38-32-26-25-29-35-41-47-55(6)8-2)51-63-57(60)48-42-36-30-23-18-16-14-12-10-9-11-13-15-17-21-27-33-39-45-53(3)4/h53-56H,7-52H2,1-6H3/t54?,55?,56-/m1/s1. The third-order valence-corrected chi connectivity index (χ3v) is 14.1. The highest BCUT2D eigenvalue weighted by molar-refractivity contribution is 5.71. The van der Waals surface area contributed by atoms with Gasteiger partial charge in [0.25, 0.3) is 0 Å². The molecule has 0 bridgehead atoms. The Bertz CT molecular complexity index is 1010. The van der Waals surface area contributed by atoms with Gasteiger partial charge in [-0.25, -0.2) is 0 Å². The van der Waals surface area contributed by atoms with E-state index in [2.05, 4.69) is 41.5 Å². The van der Waals surface area contributed by atoms with Crippen molar-refractivity contribution in [1.29, 1.82) is 0 Å². The molecule has 0 saturated carbocycles. The van der Waals surface area contributed by atoms with Crippen LogP contribution in [0.5, 0.6) is 0 Å². The summed E-state index contributed by atoms with van der Waals surface area (Å²) in [6.45, 7) is 13.8. The second-order valence-corrected chi connectivity index (χ2v) is 21.2. The highest BCUT2D eigenvalue weighted by atomic mass is 16.6. The minimum Gasteiger partial charge on any atom is -0.462 e. The van der Waals surface area contributed by atoms with Crippen molar-refractivity contribution < 1.29 is 28.6 Å². The molecule has 6 nitrogen and oxygen atoms in total. The molecule has 0 fully saturated rings. The fourth-order valence-electron chi connectivity index (χ4n) is 8.93. The Labute approximate surface area is 406 Å². The van der Waals surface area contributed by atoms with Crippen LogP contribution in [0.1, 0.15) is 324 Å². The normalized spacial score (nSPS) is 13.0. The first kappa shape index (κ1) is 63.4. The zero-order chi connectivity index (χ0) is 47.7. The SMILES string of the molecule is CCC(C)CCCCCCCCCCCCC(=O)OC[C@@H](COC(=O)CCCCCCCCCCCCCCCCCCCCC(C)C)OC(=O)CCCCCCCCCCC(C)CC. The number of esters is 3. The molecule has 0 aromatic heterocycles. The lowest BCUT2D eigenvalue weighted by Gasteiger charge is -2.18. The molecule has 0 radical (unpaired) electrons. The largest absolute Gasteiger partial charge is 0.462 e. The molecule has 0 N–H and O–H groups in total. The van der Waals surface area contributed by atoms with Crippen LogP contribution >= 0.6 is 0 Å². The fraction of sp³-hybridized carbons (Fsp3) is 0.949. The van der Waals surface area contributed by atoms with Crippen molar-refractivity contribution in [3.05, 3.63) is 0 Å². The molecule has 0 rings (SSSR count). The van der Waals surface area contributed by atoms with E-state index in [0.717, 1.165) is 75.5 Å². The van der Waals surface area contributed by atoms with Crippen molar-refractivity contribution in [2.75, 3.05) is 13.2 Å². The highest BCUT2D eigenvalue weighted by Gasteiger charge is 2.19. The molecule has 0 spiro atoms. The van der Waals surface area contributed by atoms with Gasteiger partial charge in [-0.05, 0) is 37.0 Å². The van der Waals surface area contributed by atoms with Gasteiger partial charge in [-0.1, -0.05) is 286 Å². The maximum Gasteiger partial charge on any atom is 0.306 e. The van der Waals surface area contributed by atoms with E-state index in [1.165, 1.54) is 205 Å². The van der Waals surface area contributed by atoms with Crippen LogP contribution in [0.25, 0.3) is 0 Å². The van der Waals surface area contributed by atoms with E-state index in [1.54, 1.807) is 0 Å². The van der Waals surface area contributed by atoms with Crippen molar-refractivity contribution in [3.63, 3.8) is 0 Å². The average molecular weight is 920 g/mol. The molecular weight excluding hydrogens is 805 g/mol. The van der Waals surface area contributed by atoms with Gasteiger partial charge in [0.05, 0.1) is 0 Å². The number of hydrogen-bond donors (Lipinski definition) is 0. The van der Waals surface area contributed by atoms with Gasteiger partial charge in [0.2, 0.25) is 0 Å². The van der Waals surface area contributed by atoms with E-state index in [-0.39, 0.29) is 31.1 Å². The minimum atomic E-state index is -0.764. The van der Waals surface area contributed by atoms with Crippen LogP contribution in [0.15, 0.2) is 0 Å². The van der Waals surface area contributed by atoms with Crippen molar-refractivity contribution in [2.45, 2.75) is 330 Å². The third-order valence-electron chi connectivity index (χ3n) is 14.1. The van der Waals surface area contributed by atoms with Gasteiger partial charge < -0.3 is 14.2 Å². The van der Waals surface area contributed by atoms with Crippen molar-refractivity contribution >= 4 is 17.9 Å². The Morgan fingerprint density at radius 3 is 0.800 bits per heavy atom. The maximum absolute atomic E-state index is 12.8. The first-order chi connectivity index (χ1) is 31.7. The van der Waals surface area contributed by atoms with Gasteiger partial charge >= 0.3 is 17.9 Å². The summed E-state index contributed by atoms with van der Waals surface area (Å²) >= 11 is 0. The summed E-state index contributed by atoms with van der Waals surface area (Å²) in [6, 6.07) is 0. The Kier molecular flexibility index (Phi) is 49.1. The van der Waals surface area contributed by atoms with E-state index in [1.807, 2.05) is 0 Å². The van der Waals surface area contributed by atoms with Crippen LogP contribution in [-0.2, 0) is 28.6 Å². The highest BCUT2D eigenvalue weighted by Crippen LogP contribution is 2.19. The third kappa shape index (κ3) is 50.1. The van der Waals surface area contributed by atoms with Crippen molar-refractivity contribution in [2.24, 2.45) is 17.8 Å². The van der Waals surface area contributed by atoms with Crippen LogP contribution in [0.2, 0.25) is 0 Å². The van der Waals surface area contributed by atoms with E-state index >= 15 is 0 Å². The number of unbranched alkanes of at least 4 members (excludes halogenated alkanes) is 33. The lowest BCUT2D eigenvalue weighted by atomic mass is 9.99. The summed E-state index contributed by atoms with van der Waals surface area (Å²) in [5.74, 6) is 1.73. The predicted molar refractivity (Wildman–Crippen MR) is 279 cm³/mol. The quantitative estimate of drug-likeness (QED) is 0.0344. The maximum atomic E-state index is 12.8. The first-order valence-electron chi connectivity index (χ1n) is 29.2. The van der Waals surface area contributed by atoms with Crippen LogP contribution in [-0.4, -0.2) is 37.2 Å². The molecule has 386 valence electrons. The molecule has 2 unspecified atom stereocenters. The molecule has 65 heavy (non-hydrogen) atoms. The number of carbonyl (C=O) groups excluding carboxylic acids is 3. The molecule has 0 aliphatic carbocycles. The van der Waals surface area contributed by atoms with Gasteiger partial charge in [-0.15, -0.1) is 0 Å². The second-order valence-electron chi connectivity index (χ2n) is 21.2. The van der Waals surface area contributed by atoms with Crippen LogP contribution in [0.3, 0.4) is 0 Å². The molecule has 6 heteroatoms. The minimum absolute atomic E-state index is 0.0641. The molecular formula is C59H114O6. The van der Waals surface area contributed by atoms with Crippen molar-refractivity contribution in [1.82, 2.24) is 0 Å². The Morgan fingerprint density at radius 2 is 0.538 bits per heavy atom. The predicted octanol–water partition coefficient (Wildman–Crippen LogP) is 19.1. The lowest BCUT2D eigenvalue weighted by molar-refractivity contribution is -0.167. The van der Waals surface area contributed by atoms with Gasteiger partial charge in [0.1, 0.15) is 13.2 Å². The first-order valence-corrected chi connectivity index (χ1v) is 29.2. The Balaban J connectivity index is 4.24. The summed E-state index contributed by atoms with van der Waals surface area (Å²) in [7, 11) is 0. The van der Waals surface area contributed by atoms with E-state index in [0.29, 0.717) is 19.3 Å². The van der Waals surface area contributed by atoms with Crippen LogP contribution < -0.4 is 0 Å². The smallest absolute Gasteiger partial charge is 0.306 e. The molecule has 0 aliphatic rings. The van der Waals surface area contributed by atoms with Gasteiger partial charge in [0.15, 0.2) is 6.10 Å². The summed E-state index contributed by atoms with van der Waals surface area (Å²) in [4.78, 5) is 38.1. The van der Waals surface area contributed by atoms with E-state index < -0.39 is 6.10 Å². The topological polar surface area (TPSA) is 78.9 Å². The summed E-state index contributed by atoms with van der Waals surface area (Å²) < 4.78 is 16.9.